The first kappa shape index (κ1) is 28.2. The van der Waals surface area contributed by atoms with E-state index in [2.05, 4.69) is 10.4 Å². The Morgan fingerprint density at radius 2 is 1.77 bits per heavy atom. The van der Waals surface area contributed by atoms with Crippen molar-refractivity contribution >= 4 is 11.8 Å². The number of aryl methyl sites for hydroxylation is 2. The Balaban J connectivity index is 1.35. The Kier molecular flexibility index (Phi) is 8.22. The van der Waals surface area contributed by atoms with E-state index in [4.69, 9.17) is 9.47 Å². The number of carbonyl (C=O) groups excluding carboxylic acids is 2. The first-order valence-electron chi connectivity index (χ1n) is 14.7. The molecule has 1 unspecified atom stereocenters. The van der Waals surface area contributed by atoms with Gasteiger partial charge in [-0.25, -0.2) is 4.68 Å². The van der Waals surface area contributed by atoms with Crippen LogP contribution in [0.2, 0.25) is 0 Å². The van der Waals surface area contributed by atoms with Crippen molar-refractivity contribution in [2.24, 2.45) is 0 Å². The molecule has 9 rings (SSSR count). The van der Waals surface area contributed by atoms with E-state index >= 15 is 0 Å². The summed E-state index contributed by atoms with van der Waals surface area (Å²) >= 11 is 0. The fourth-order valence-corrected chi connectivity index (χ4v) is 5.65. The summed E-state index contributed by atoms with van der Waals surface area (Å²) in [7, 11) is 0. The highest BCUT2D eigenvalue weighted by Gasteiger charge is 2.33. The lowest BCUT2D eigenvalue weighted by Gasteiger charge is -2.38. The van der Waals surface area contributed by atoms with Gasteiger partial charge in [-0.05, 0) is 90.9 Å². The van der Waals surface area contributed by atoms with Crippen molar-refractivity contribution in [1.29, 1.82) is 0 Å². The number of hydrogen-bond acceptors (Lipinski definition) is 6. The van der Waals surface area contributed by atoms with Crippen LogP contribution in [0.5, 0.6) is 17.2 Å². The first-order valence-corrected chi connectivity index (χ1v) is 14.7. The maximum Gasteiger partial charge on any atom is 0.267 e. The third kappa shape index (κ3) is 6.61. The van der Waals surface area contributed by atoms with Crippen molar-refractivity contribution in [3.05, 3.63) is 117 Å². The Labute approximate surface area is 250 Å². The zero-order valence-corrected chi connectivity index (χ0v) is 24.1. The molecular weight excluding hydrogens is 544 g/mol. The van der Waals surface area contributed by atoms with Crippen LogP contribution in [0.4, 0.5) is 0 Å². The standard InChI is InChI=1S/C34H34N4O5/c1-23-6-15-32(40)38(36-23)22-33(41)37-18-16-25-20-29-12-13-30(25)34(37)26-4-2-5-28(21-26)42-19-3-17-35-31(39)14-9-24-7-10-27(43-29)11-8-24/h2,4-8,10-13,15,20-21,34H,3,9,14,16-19,22H2,1H3,(H,35,39). The van der Waals surface area contributed by atoms with Crippen LogP contribution in [0.25, 0.3) is 0 Å². The van der Waals surface area contributed by atoms with Gasteiger partial charge >= 0.3 is 0 Å². The van der Waals surface area contributed by atoms with Crippen LogP contribution in [0, 0.1) is 6.92 Å². The van der Waals surface area contributed by atoms with E-state index in [1.54, 1.807) is 13.0 Å². The summed E-state index contributed by atoms with van der Waals surface area (Å²) in [5.74, 6) is 1.93. The monoisotopic (exact) mass is 578 g/mol. The average molecular weight is 579 g/mol. The highest BCUT2D eigenvalue weighted by atomic mass is 16.5. The molecule has 0 radical (unpaired) electrons. The van der Waals surface area contributed by atoms with E-state index in [-0.39, 0.29) is 30.0 Å². The van der Waals surface area contributed by atoms with Gasteiger partial charge in [0, 0.05) is 25.6 Å². The van der Waals surface area contributed by atoms with Gasteiger partial charge in [0.05, 0.1) is 18.3 Å². The van der Waals surface area contributed by atoms with E-state index in [9.17, 15) is 14.4 Å². The maximum atomic E-state index is 13.8. The van der Waals surface area contributed by atoms with Gasteiger partial charge in [-0.1, -0.05) is 30.3 Å². The minimum absolute atomic E-state index is 0.00900. The van der Waals surface area contributed by atoms with E-state index in [0.29, 0.717) is 68.3 Å². The molecule has 0 spiro atoms. The van der Waals surface area contributed by atoms with Gasteiger partial charge in [-0.2, -0.15) is 5.10 Å². The van der Waals surface area contributed by atoms with Gasteiger partial charge in [0.15, 0.2) is 0 Å². The molecule has 0 aliphatic carbocycles. The van der Waals surface area contributed by atoms with Crippen molar-refractivity contribution in [3.8, 4) is 17.2 Å². The smallest absolute Gasteiger partial charge is 0.267 e. The second kappa shape index (κ2) is 12.5. The molecule has 5 aliphatic heterocycles. The number of ether oxygens (including phenoxy) is 2. The molecule has 2 amide bonds. The van der Waals surface area contributed by atoms with Crippen LogP contribution in [-0.2, 0) is 29.0 Å². The van der Waals surface area contributed by atoms with Gasteiger partial charge in [0.2, 0.25) is 11.8 Å². The molecule has 5 aliphatic rings. The number of benzene rings is 3. The van der Waals surface area contributed by atoms with Crippen molar-refractivity contribution in [2.75, 3.05) is 19.7 Å². The van der Waals surface area contributed by atoms with Crippen molar-refractivity contribution in [3.63, 3.8) is 0 Å². The Bertz CT molecular complexity index is 1700. The summed E-state index contributed by atoms with van der Waals surface area (Å²) in [6, 6.07) is 24.3. The predicted octanol–water partition coefficient (Wildman–Crippen LogP) is 4.35. The second-order valence-corrected chi connectivity index (χ2v) is 10.9. The summed E-state index contributed by atoms with van der Waals surface area (Å²) in [5, 5.41) is 7.24. The number of nitrogens with one attached hydrogen (secondary N) is 1. The van der Waals surface area contributed by atoms with E-state index in [1.807, 2.05) is 71.6 Å². The number of rotatable bonds is 2. The maximum absolute atomic E-state index is 13.8. The second-order valence-electron chi connectivity index (χ2n) is 10.9. The molecule has 9 heteroatoms. The fraction of sp³-hybridized carbons (Fsp3) is 0.294. The van der Waals surface area contributed by atoms with Crippen LogP contribution in [0.1, 0.15) is 46.8 Å². The third-order valence-electron chi connectivity index (χ3n) is 7.83. The highest BCUT2D eigenvalue weighted by Crippen LogP contribution is 2.38. The summed E-state index contributed by atoms with van der Waals surface area (Å²) in [6.07, 6.45) is 2.37. The van der Waals surface area contributed by atoms with E-state index in [1.165, 1.54) is 10.7 Å². The van der Waals surface area contributed by atoms with Gasteiger partial charge in [-0.3, -0.25) is 14.4 Å². The zero-order valence-electron chi connectivity index (χ0n) is 24.1. The quantitative estimate of drug-likeness (QED) is 0.380. The predicted molar refractivity (Wildman–Crippen MR) is 161 cm³/mol. The summed E-state index contributed by atoms with van der Waals surface area (Å²) in [5.41, 5.74) is 4.41. The molecule has 0 saturated carbocycles. The van der Waals surface area contributed by atoms with Crippen LogP contribution >= 0.6 is 0 Å². The summed E-state index contributed by atoms with van der Waals surface area (Å²) < 4.78 is 13.5. The number of carbonyl (C=O) groups is 2. The number of aromatic nitrogens is 2. The van der Waals surface area contributed by atoms with E-state index in [0.717, 1.165) is 22.3 Å². The fourth-order valence-electron chi connectivity index (χ4n) is 5.65. The van der Waals surface area contributed by atoms with Crippen LogP contribution < -0.4 is 20.3 Å². The molecule has 1 aromatic heterocycles. The molecule has 1 atom stereocenters. The minimum Gasteiger partial charge on any atom is -0.494 e. The van der Waals surface area contributed by atoms with Crippen LogP contribution in [-0.4, -0.2) is 46.2 Å². The molecule has 3 aromatic carbocycles. The summed E-state index contributed by atoms with van der Waals surface area (Å²) in [4.78, 5) is 40.4. The Morgan fingerprint density at radius 1 is 0.930 bits per heavy atom. The molecular formula is C34H34N4O5. The number of hydrogen-bond donors (Lipinski definition) is 1. The molecule has 4 aromatic rings. The van der Waals surface area contributed by atoms with E-state index < -0.39 is 0 Å². The molecule has 43 heavy (non-hydrogen) atoms. The van der Waals surface area contributed by atoms with Crippen molar-refractivity contribution < 1.29 is 19.1 Å². The summed E-state index contributed by atoms with van der Waals surface area (Å²) in [6.45, 7) is 3.09. The Hall–Kier alpha value is -4.92. The van der Waals surface area contributed by atoms with Crippen LogP contribution in [0.3, 0.4) is 0 Å². The van der Waals surface area contributed by atoms with Gasteiger partial charge in [0.1, 0.15) is 23.8 Å². The molecule has 0 saturated heterocycles. The SMILES string of the molecule is Cc1ccc(=O)n(CC(=O)N2CCc3cc4ccc3C2c2cccc(c2)OCCCNC(=O)CCc2ccc(cc2)O4)n1. The minimum atomic E-state index is -0.387. The van der Waals surface area contributed by atoms with Crippen molar-refractivity contribution in [1.82, 2.24) is 20.0 Å². The lowest BCUT2D eigenvalue weighted by molar-refractivity contribution is -0.134. The average Bonchev–Trinajstić information content (AvgIpc) is 3.01. The number of amides is 2. The first-order chi connectivity index (χ1) is 20.9. The normalized spacial score (nSPS) is 16.9. The topological polar surface area (TPSA) is 103 Å². The largest absolute Gasteiger partial charge is 0.494 e. The number of nitrogens with zero attached hydrogens (tertiary/aromatic N) is 3. The Morgan fingerprint density at radius 3 is 2.63 bits per heavy atom. The van der Waals surface area contributed by atoms with Crippen LogP contribution in [0.15, 0.2) is 83.7 Å². The molecule has 8 bridgehead atoms. The highest BCUT2D eigenvalue weighted by molar-refractivity contribution is 5.78. The molecule has 0 fully saturated rings. The molecule has 1 N–H and O–H groups in total. The van der Waals surface area contributed by atoms with Gasteiger partial charge < -0.3 is 19.7 Å². The van der Waals surface area contributed by atoms with Gasteiger partial charge in [0.25, 0.3) is 5.56 Å². The van der Waals surface area contributed by atoms with Crippen molar-refractivity contribution in [2.45, 2.75) is 45.2 Å². The molecule has 6 heterocycles. The zero-order chi connectivity index (χ0) is 29.8. The molecule has 220 valence electrons. The lowest BCUT2D eigenvalue weighted by Crippen LogP contribution is -2.43. The molecule has 9 nitrogen and oxygen atoms in total. The third-order valence-corrected chi connectivity index (χ3v) is 7.83. The lowest BCUT2D eigenvalue weighted by atomic mass is 9.87. The van der Waals surface area contributed by atoms with Gasteiger partial charge in [-0.15, -0.1) is 0 Å².